The predicted octanol–water partition coefficient (Wildman–Crippen LogP) is 4.17. The number of fused-ring (bicyclic) bond motifs is 3. The molecule has 3 heteroatoms. The summed E-state index contributed by atoms with van der Waals surface area (Å²) in [5, 5.41) is 5.75. The Morgan fingerprint density at radius 3 is 2.48 bits per heavy atom. The van der Waals surface area contributed by atoms with Gasteiger partial charge in [0.2, 0.25) is 0 Å². The third-order valence-corrected chi connectivity index (χ3v) is 3.75. The van der Waals surface area contributed by atoms with Gasteiger partial charge >= 0.3 is 0 Å². The second kappa shape index (κ2) is 4.42. The maximum absolute atomic E-state index is 4.82. The number of hydrogen-bond donors (Lipinski definition) is 0. The van der Waals surface area contributed by atoms with Crippen LogP contribution < -0.4 is 0 Å². The minimum atomic E-state index is 0.886. The molecule has 2 aromatic heterocycles. The maximum atomic E-state index is 4.82. The van der Waals surface area contributed by atoms with Crippen molar-refractivity contribution in [3.8, 4) is 11.4 Å². The van der Waals surface area contributed by atoms with Gasteiger partial charge in [0.1, 0.15) is 0 Å². The molecule has 0 spiro atoms. The third kappa shape index (κ3) is 1.89. The lowest BCUT2D eigenvalue weighted by Gasteiger charge is -2.08. The molecule has 4 aromatic rings. The van der Waals surface area contributed by atoms with E-state index in [0.29, 0.717) is 0 Å². The highest BCUT2D eigenvalue weighted by molar-refractivity contribution is 5.95. The molecule has 3 nitrogen and oxygen atoms in total. The van der Waals surface area contributed by atoms with E-state index < -0.39 is 0 Å². The molecule has 0 radical (unpaired) electrons. The lowest BCUT2D eigenvalue weighted by atomic mass is 10.1. The standard InChI is InChI=1S/C18H15N3/c1-12-7-9-14(10-8-12)18-19-16-6-4-3-5-15(16)17-11-13(2)20-21(17)18/h3-11H,1-2H3. The topological polar surface area (TPSA) is 30.2 Å². The van der Waals surface area contributed by atoms with Gasteiger partial charge in [0, 0.05) is 10.9 Å². The van der Waals surface area contributed by atoms with Crippen molar-refractivity contribution in [1.29, 1.82) is 0 Å². The van der Waals surface area contributed by atoms with Crippen molar-refractivity contribution in [3.63, 3.8) is 0 Å². The van der Waals surface area contributed by atoms with Crippen LogP contribution in [-0.4, -0.2) is 14.6 Å². The van der Waals surface area contributed by atoms with E-state index in [-0.39, 0.29) is 0 Å². The normalized spacial score (nSPS) is 11.3. The zero-order valence-corrected chi connectivity index (χ0v) is 12.0. The molecule has 0 amide bonds. The van der Waals surface area contributed by atoms with Gasteiger partial charge in [0.05, 0.1) is 16.7 Å². The Balaban J connectivity index is 2.13. The second-order valence-electron chi connectivity index (χ2n) is 5.40. The highest BCUT2D eigenvalue weighted by atomic mass is 15.3. The lowest BCUT2D eigenvalue weighted by Crippen LogP contribution is -1.99. The van der Waals surface area contributed by atoms with Crippen LogP contribution in [0.1, 0.15) is 11.3 Å². The molecule has 0 fully saturated rings. The molecule has 0 saturated heterocycles. The van der Waals surface area contributed by atoms with Crippen LogP contribution in [0.2, 0.25) is 0 Å². The van der Waals surface area contributed by atoms with Crippen LogP contribution in [0.5, 0.6) is 0 Å². The van der Waals surface area contributed by atoms with E-state index in [1.54, 1.807) is 0 Å². The van der Waals surface area contributed by atoms with Gasteiger partial charge in [-0.3, -0.25) is 0 Å². The van der Waals surface area contributed by atoms with Crippen LogP contribution in [-0.2, 0) is 0 Å². The summed E-state index contributed by atoms with van der Waals surface area (Å²) in [5.74, 6) is 0.886. The summed E-state index contributed by atoms with van der Waals surface area (Å²) < 4.78 is 1.95. The van der Waals surface area contributed by atoms with E-state index in [1.807, 2.05) is 23.6 Å². The lowest BCUT2D eigenvalue weighted by molar-refractivity contribution is 0.921. The Labute approximate surface area is 122 Å². The van der Waals surface area contributed by atoms with Gasteiger partial charge in [-0.25, -0.2) is 9.50 Å². The second-order valence-corrected chi connectivity index (χ2v) is 5.40. The van der Waals surface area contributed by atoms with Crippen molar-refractivity contribution in [2.24, 2.45) is 0 Å². The van der Waals surface area contributed by atoms with Gasteiger partial charge in [0.25, 0.3) is 0 Å². The molecule has 0 atom stereocenters. The van der Waals surface area contributed by atoms with Gasteiger partial charge < -0.3 is 0 Å². The van der Waals surface area contributed by atoms with E-state index >= 15 is 0 Å². The van der Waals surface area contributed by atoms with Gasteiger partial charge in [-0.1, -0.05) is 48.0 Å². The Morgan fingerprint density at radius 2 is 1.67 bits per heavy atom. The minimum absolute atomic E-state index is 0.886. The predicted molar refractivity (Wildman–Crippen MR) is 85.4 cm³/mol. The van der Waals surface area contributed by atoms with Gasteiger partial charge in [-0.2, -0.15) is 5.10 Å². The first kappa shape index (κ1) is 12.1. The SMILES string of the molecule is Cc1ccc(-c2nc3ccccc3c3cc(C)nn23)cc1. The first-order valence-electron chi connectivity index (χ1n) is 7.04. The van der Waals surface area contributed by atoms with E-state index in [2.05, 4.69) is 54.5 Å². The fourth-order valence-corrected chi connectivity index (χ4v) is 2.69. The molecule has 0 aliphatic heterocycles. The molecular weight excluding hydrogens is 258 g/mol. The minimum Gasteiger partial charge on any atom is -0.228 e. The van der Waals surface area contributed by atoms with Crippen LogP contribution in [0, 0.1) is 13.8 Å². The third-order valence-electron chi connectivity index (χ3n) is 3.75. The number of rotatable bonds is 1. The molecule has 2 aromatic carbocycles. The van der Waals surface area contributed by atoms with E-state index in [0.717, 1.165) is 33.5 Å². The molecule has 0 aliphatic rings. The van der Waals surface area contributed by atoms with E-state index in [9.17, 15) is 0 Å². The Hall–Kier alpha value is -2.68. The average Bonchev–Trinajstić information content (AvgIpc) is 2.89. The molecule has 0 N–H and O–H groups in total. The van der Waals surface area contributed by atoms with Gasteiger partial charge in [0.15, 0.2) is 5.82 Å². The summed E-state index contributed by atoms with van der Waals surface area (Å²) >= 11 is 0. The van der Waals surface area contributed by atoms with Crippen LogP contribution in [0.15, 0.2) is 54.6 Å². The fourth-order valence-electron chi connectivity index (χ4n) is 2.69. The van der Waals surface area contributed by atoms with Crippen molar-refractivity contribution in [1.82, 2.24) is 14.6 Å². The zero-order chi connectivity index (χ0) is 14.4. The quantitative estimate of drug-likeness (QED) is 0.521. The highest BCUT2D eigenvalue weighted by Crippen LogP contribution is 2.26. The van der Waals surface area contributed by atoms with Crippen LogP contribution in [0.4, 0.5) is 0 Å². The van der Waals surface area contributed by atoms with E-state index in [4.69, 9.17) is 4.98 Å². The molecule has 0 unspecified atom stereocenters. The van der Waals surface area contributed by atoms with Crippen molar-refractivity contribution in [2.75, 3.05) is 0 Å². The molecule has 2 heterocycles. The number of aromatic nitrogens is 3. The summed E-state index contributed by atoms with van der Waals surface area (Å²) in [4.78, 5) is 4.82. The average molecular weight is 273 g/mol. The molecule has 0 bridgehead atoms. The van der Waals surface area contributed by atoms with Crippen molar-refractivity contribution in [2.45, 2.75) is 13.8 Å². The largest absolute Gasteiger partial charge is 0.228 e. The van der Waals surface area contributed by atoms with Crippen LogP contribution in [0.3, 0.4) is 0 Å². The summed E-state index contributed by atoms with van der Waals surface area (Å²) in [6.45, 7) is 4.10. The highest BCUT2D eigenvalue weighted by Gasteiger charge is 2.11. The first-order chi connectivity index (χ1) is 10.2. The summed E-state index contributed by atoms with van der Waals surface area (Å²) in [6.07, 6.45) is 0. The first-order valence-corrected chi connectivity index (χ1v) is 7.04. The maximum Gasteiger partial charge on any atom is 0.161 e. The molecule has 102 valence electrons. The number of para-hydroxylation sites is 1. The number of benzene rings is 2. The summed E-state index contributed by atoms with van der Waals surface area (Å²) in [6, 6.07) is 18.7. The Morgan fingerprint density at radius 1 is 0.905 bits per heavy atom. The van der Waals surface area contributed by atoms with E-state index in [1.165, 1.54) is 5.56 Å². The van der Waals surface area contributed by atoms with Crippen LogP contribution in [0.25, 0.3) is 27.8 Å². The monoisotopic (exact) mass is 273 g/mol. The number of nitrogens with zero attached hydrogens (tertiary/aromatic N) is 3. The molecule has 4 rings (SSSR count). The fraction of sp³-hybridized carbons (Fsp3) is 0.111. The Bertz CT molecular complexity index is 949. The van der Waals surface area contributed by atoms with Crippen molar-refractivity contribution >= 4 is 16.4 Å². The smallest absolute Gasteiger partial charge is 0.161 e. The molecule has 0 saturated carbocycles. The number of aryl methyl sites for hydroxylation is 2. The van der Waals surface area contributed by atoms with Gasteiger partial charge in [-0.05, 0) is 26.0 Å². The number of hydrogen-bond acceptors (Lipinski definition) is 2. The van der Waals surface area contributed by atoms with Crippen LogP contribution >= 0.6 is 0 Å². The molecule has 0 aliphatic carbocycles. The van der Waals surface area contributed by atoms with Crippen molar-refractivity contribution < 1.29 is 0 Å². The summed E-state index contributed by atoms with van der Waals surface area (Å²) in [5.41, 5.74) is 5.43. The molecular formula is C18H15N3. The molecule has 21 heavy (non-hydrogen) atoms. The van der Waals surface area contributed by atoms with Crippen molar-refractivity contribution in [3.05, 3.63) is 65.9 Å². The zero-order valence-electron chi connectivity index (χ0n) is 12.0. The summed E-state index contributed by atoms with van der Waals surface area (Å²) in [7, 11) is 0. The Kier molecular flexibility index (Phi) is 2.54. The van der Waals surface area contributed by atoms with Gasteiger partial charge in [-0.15, -0.1) is 0 Å².